The molecular weight excluding hydrogens is 200 g/mol. The van der Waals surface area contributed by atoms with Crippen LogP contribution in [-0.2, 0) is 4.79 Å². The van der Waals surface area contributed by atoms with Crippen molar-refractivity contribution in [2.75, 3.05) is 19.6 Å². The van der Waals surface area contributed by atoms with Gasteiger partial charge in [0.2, 0.25) is 5.91 Å². The van der Waals surface area contributed by atoms with Gasteiger partial charge in [0.15, 0.2) is 0 Å². The molecule has 1 amide bonds. The molecular formula is C13H26N2O. The minimum Gasteiger partial charge on any atom is -0.339 e. The number of carbonyl (C=O) groups is 1. The maximum Gasteiger partial charge on any atom is 0.224 e. The summed E-state index contributed by atoms with van der Waals surface area (Å²) in [5.41, 5.74) is 1.10. The molecule has 0 bridgehead atoms. The van der Waals surface area contributed by atoms with Crippen LogP contribution in [0.1, 0.15) is 41.0 Å². The maximum absolute atomic E-state index is 11.8. The van der Waals surface area contributed by atoms with E-state index in [4.69, 9.17) is 0 Å². The normalized spacial score (nSPS) is 11.3. The maximum atomic E-state index is 11.8. The summed E-state index contributed by atoms with van der Waals surface area (Å²) >= 11 is 0. The van der Waals surface area contributed by atoms with E-state index in [0.717, 1.165) is 18.7 Å². The Morgan fingerprint density at radius 1 is 1.38 bits per heavy atom. The van der Waals surface area contributed by atoms with Gasteiger partial charge < -0.3 is 10.2 Å². The van der Waals surface area contributed by atoms with Gasteiger partial charge in [0, 0.05) is 31.6 Å². The van der Waals surface area contributed by atoms with Crippen LogP contribution in [0.3, 0.4) is 0 Å². The largest absolute Gasteiger partial charge is 0.339 e. The molecule has 0 aromatic heterocycles. The molecule has 0 aromatic rings. The highest BCUT2D eigenvalue weighted by Crippen LogP contribution is 2.01. The number of rotatable bonds is 6. The lowest BCUT2D eigenvalue weighted by atomic mass is 10.1. The fraction of sp³-hybridized carbons (Fsp3) is 0.769. The predicted octanol–water partition coefficient (Wildman–Crippen LogP) is 2.19. The SMILES string of the molecule is C=C(C)CN(CC)C(=O)CCNC(C)(C)C. The molecule has 0 aliphatic carbocycles. The molecule has 0 saturated carbocycles. The summed E-state index contributed by atoms with van der Waals surface area (Å²) in [6.45, 7) is 16.2. The van der Waals surface area contributed by atoms with Crippen molar-refractivity contribution in [3.63, 3.8) is 0 Å². The molecule has 0 unspecified atom stereocenters. The third-order valence-corrected chi connectivity index (χ3v) is 2.19. The summed E-state index contributed by atoms with van der Waals surface area (Å²) in [4.78, 5) is 13.7. The Hall–Kier alpha value is -0.830. The minimum atomic E-state index is 0.0751. The number of amides is 1. The highest BCUT2D eigenvalue weighted by molar-refractivity contribution is 5.76. The molecule has 3 nitrogen and oxygen atoms in total. The lowest BCUT2D eigenvalue weighted by Gasteiger charge is -2.23. The third-order valence-electron chi connectivity index (χ3n) is 2.19. The zero-order valence-corrected chi connectivity index (χ0v) is 11.4. The second kappa shape index (κ2) is 6.69. The van der Waals surface area contributed by atoms with Crippen molar-refractivity contribution in [3.05, 3.63) is 12.2 Å². The average molecular weight is 226 g/mol. The van der Waals surface area contributed by atoms with Crippen LogP contribution >= 0.6 is 0 Å². The lowest BCUT2D eigenvalue weighted by Crippen LogP contribution is -2.40. The lowest BCUT2D eigenvalue weighted by molar-refractivity contribution is -0.130. The Labute approximate surface area is 99.9 Å². The van der Waals surface area contributed by atoms with Gasteiger partial charge in [0.1, 0.15) is 0 Å². The molecule has 0 aliphatic heterocycles. The van der Waals surface area contributed by atoms with Crippen LogP contribution in [0.4, 0.5) is 0 Å². The van der Waals surface area contributed by atoms with Crippen LogP contribution in [0.2, 0.25) is 0 Å². The van der Waals surface area contributed by atoms with Crippen molar-refractivity contribution in [2.45, 2.75) is 46.6 Å². The van der Waals surface area contributed by atoms with Gasteiger partial charge in [-0.2, -0.15) is 0 Å². The van der Waals surface area contributed by atoms with Gasteiger partial charge >= 0.3 is 0 Å². The molecule has 0 radical (unpaired) electrons. The topological polar surface area (TPSA) is 32.3 Å². The molecule has 94 valence electrons. The number of carbonyl (C=O) groups excluding carboxylic acids is 1. The Balaban J connectivity index is 3.98. The molecule has 0 rings (SSSR count). The van der Waals surface area contributed by atoms with Gasteiger partial charge in [-0.1, -0.05) is 12.2 Å². The molecule has 1 N–H and O–H groups in total. The first-order chi connectivity index (χ1) is 7.26. The van der Waals surface area contributed by atoms with Gasteiger partial charge in [-0.15, -0.1) is 0 Å². The van der Waals surface area contributed by atoms with E-state index in [9.17, 15) is 4.79 Å². The second-order valence-electron chi connectivity index (χ2n) is 5.29. The van der Waals surface area contributed by atoms with Gasteiger partial charge in [-0.25, -0.2) is 0 Å². The van der Waals surface area contributed by atoms with E-state index in [-0.39, 0.29) is 11.4 Å². The van der Waals surface area contributed by atoms with E-state index in [1.165, 1.54) is 0 Å². The number of likely N-dealkylation sites (N-methyl/N-ethyl adjacent to an activating group) is 1. The number of nitrogens with zero attached hydrogens (tertiary/aromatic N) is 1. The summed E-state index contributed by atoms with van der Waals surface area (Å²) < 4.78 is 0. The van der Waals surface area contributed by atoms with Gasteiger partial charge in [0.25, 0.3) is 0 Å². The van der Waals surface area contributed by atoms with E-state index >= 15 is 0 Å². The van der Waals surface area contributed by atoms with Crippen molar-refractivity contribution in [1.82, 2.24) is 10.2 Å². The second-order valence-corrected chi connectivity index (χ2v) is 5.29. The van der Waals surface area contributed by atoms with Crippen LogP contribution in [0.5, 0.6) is 0 Å². The number of hydrogen-bond acceptors (Lipinski definition) is 2. The zero-order valence-electron chi connectivity index (χ0n) is 11.4. The van der Waals surface area contributed by atoms with Gasteiger partial charge in [-0.05, 0) is 34.6 Å². The molecule has 0 saturated heterocycles. The van der Waals surface area contributed by atoms with E-state index < -0.39 is 0 Å². The summed E-state index contributed by atoms with van der Waals surface area (Å²) in [5, 5.41) is 3.32. The summed E-state index contributed by atoms with van der Waals surface area (Å²) in [6, 6.07) is 0. The quantitative estimate of drug-likeness (QED) is 0.704. The summed E-state index contributed by atoms with van der Waals surface area (Å²) in [7, 11) is 0. The van der Waals surface area contributed by atoms with E-state index in [1.54, 1.807) is 0 Å². The molecule has 16 heavy (non-hydrogen) atoms. The van der Waals surface area contributed by atoms with Gasteiger partial charge in [0.05, 0.1) is 0 Å². The van der Waals surface area contributed by atoms with Crippen LogP contribution in [0, 0.1) is 0 Å². The number of nitrogens with one attached hydrogen (secondary N) is 1. The van der Waals surface area contributed by atoms with Crippen LogP contribution in [0.25, 0.3) is 0 Å². The first-order valence-electron chi connectivity index (χ1n) is 5.93. The average Bonchev–Trinajstić information content (AvgIpc) is 2.11. The Kier molecular flexibility index (Phi) is 6.34. The molecule has 0 spiro atoms. The highest BCUT2D eigenvalue weighted by Gasteiger charge is 2.13. The smallest absolute Gasteiger partial charge is 0.224 e. The Bertz CT molecular complexity index is 241. The fourth-order valence-corrected chi connectivity index (χ4v) is 1.40. The fourth-order valence-electron chi connectivity index (χ4n) is 1.40. The van der Waals surface area contributed by atoms with E-state index in [2.05, 4.69) is 32.7 Å². The van der Waals surface area contributed by atoms with Gasteiger partial charge in [-0.3, -0.25) is 4.79 Å². The molecule has 0 fully saturated rings. The van der Waals surface area contributed by atoms with Crippen LogP contribution in [0.15, 0.2) is 12.2 Å². The van der Waals surface area contributed by atoms with E-state index in [1.807, 2.05) is 18.7 Å². The van der Waals surface area contributed by atoms with Crippen LogP contribution in [-0.4, -0.2) is 36.0 Å². The van der Waals surface area contributed by atoms with Crippen LogP contribution < -0.4 is 5.32 Å². The standard InChI is InChI=1S/C13H26N2O/c1-7-15(10-11(2)3)12(16)8-9-14-13(4,5)6/h14H,2,7-10H2,1,3-6H3. The van der Waals surface area contributed by atoms with Crippen molar-refractivity contribution in [3.8, 4) is 0 Å². The van der Waals surface area contributed by atoms with Crippen molar-refractivity contribution in [1.29, 1.82) is 0 Å². The third kappa shape index (κ3) is 7.46. The molecule has 0 aromatic carbocycles. The summed E-state index contributed by atoms with van der Waals surface area (Å²) in [6.07, 6.45) is 0.554. The molecule has 0 aliphatic rings. The Morgan fingerprint density at radius 2 is 1.94 bits per heavy atom. The summed E-state index contributed by atoms with van der Waals surface area (Å²) in [5.74, 6) is 0.197. The van der Waals surface area contributed by atoms with Crippen molar-refractivity contribution >= 4 is 5.91 Å². The monoisotopic (exact) mass is 226 g/mol. The first kappa shape index (κ1) is 15.2. The van der Waals surface area contributed by atoms with Crippen molar-refractivity contribution in [2.24, 2.45) is 0 Å². The molecule has 0 atom stereocenters. The highest BCUT2D eigenvalue weighted by atomic mass is 16.2. The van der Waals surface area contributed by atoms with E-state index in [0.29, 0.717) is 13.0 Å². The first-order valence-corrected chi connectivity index (χ1v) is 5.93. The van der Waals surface area contributed by atoms with Crippen molar-refractivity contribution < 1.29 is 4.79 Å². The number of hydrogen-bond donors (Lipinski definition) is 1. The molecule has 3 heteroatoms. The Morgan fingerprint density at radius 3 is 2.31 bits per heavy atom. The zero-order chi connectivity index (χ0) is 12.8. The minimum absolute atomic E-state index is 0.0751. The molecule has 0 heterocycles. The predicted molar refractivity (Wildman–Crippen MR) is 69.4 cm³/mol.